The fourth-order valence-electron chi connectivity index (χ4n) is 4.35. The summed E-state index contributed by atoms with van der Waals surface area (Å²) in [5.74, 6) is -2.08. The number of hydrogen-bond acceptors (Lipinski definition) is 6. The molecule has 1 aromatic rings. The number of likely N-dealkylation sites (tertiary alicyclic amines) is 1. The summed E-state index contributed by atoms with van der Waals surface area (Å²) in [6, 6.07) is 3.99. The number of hydrogen-bond donors (Lipinski definition) is 3. The van der Waals surface area contributed by atoms with Crippen molar-refractivity contribution in [3.63, 3.8) is 0 Å². The molecule has 3 heterocycles. The molecule has 4 rings (SSSR count). The Morgan fingerprint density at radius 2 is 1.84 bits per heavy atom. The summed E-state index contributed by atoms with van der Waals surface area (Å²) >= 11 is 0. The third-order valence-corrected chi connectivity index (χ3v) is 5.94. The maximum atomic E-state index is 13.1. The highest BCUT2D eigenvalue weighted by molar-refractivity contribution is 6.25. The summed E-state index contributed by atoms with van der Waals surface area (Å²) in [7, 11) is 0. The Balaban J connectivity index is 1.49. The molecule has 2 fully saturated rings. The number of anilines is 1. The zero-order chi connectivity index (χ0) is 22.1. The minimum absolute atomic E-state index is 0.0460. The van der Waals surface area contributed by atoms with Crippen LogP contribution in [0.5, 0.6) is 0 Å². The van der Waals surface area contributed by atoms with Gasteiger partial charge in [0.2, 0.25) is 11.8 Å². The van der Waals surface area contributed by atoms with Crippen molar-refractivity contribution in [2.45, 2.75) is 44.7 Å². The first-order chi connectivity index (χ1) is 14.9. The predicted molar refractivity (Wildman–Crippen MR) is 110 cm³/mol. The van der Waals surface area contributed by atoms with E-state index >= 15 is 0 Å². The van der Waals surface area contributed by atoms with Gasteiger partial charge in [0.15, 0.2) is 0 Å². The van der Waals surface area contributed by atoms with Crippen molar-refractivity contribution in [3.8, 4) is 0 Å². The van der Waals surface area contributed by atoms with Crippen LogP contribution in [0.25, 0.3) is 0 Å². The molecule has 2 saturated heterocycles. The Kier molecular flexibility index (Phi) is 5.62. The van der Waals surface area contributed by atoms with Gasteiger partial charge in [0.05, 0.1) is 11.1 Å². The van der Waals surface area contributed by atoms with E-state index in [9.17, 15) is 24.0 Å². The highest BCUT2D eigenvalue weighted by Gasteiger charge is 2.45. The van der Waals surface area contributed by atoms with Crippen molar-refractivity contribution in [2.75, 3.05) is 25.0 Å². The van der Waals surface area contributed by atoms with Crippen LogP contribution in [-0.4, -0.2) is 71.2 Å². The molecule has 0 saturated carbocycles. The molecule has 0 radical (unpaired) electrons. The molecule has 3 aliphatic rings. The normalized spacial score (nSPS) is 21.8. The third kappa shape index (κ3) is 3.85. The van der Waals surface area contributed by atoms with Crippen molar-refractivity contribution in [3.05, 3.63) is 29.3 Å². The second-order valence-electron chi connectivity index (χ2n) is 7.92. The molecule has 0 bridgehead atoms. The molecule has 1 atom stereocenters. The van der Waals surface area contributed by atoms with Gasteiger partial charge in [0, 0.05) is 37.8 Å². The van der Waals surface area contributed by atoms with Gasteiger partial charge in [-0.25, -0.2) is 4.79 Å². The molecule has 3 aliphatic heterocycles. The van der Waals surface area contributed by atoms with E-state index in [-0.39, 0.29) is 36.0 Å². The van der Waals surface area contributed by atoms with Crippen LogP contribution < -0.4 is 16.0 Å². The van der Waals surface area contributed by atoms with E-state index in [4.69, 9.17) is 0 Å². The fraction of sp³-hybridized carbons (Fsp3) is 0.476. The number of carbonyl (C=O) groups is 5. The summed E-state index contributed by atoms with van der Waals surface area (Å²) < 4.78 is 0. The van der Waals surface area contributed by atoms with Gasteiger partial charge in [-0.2, -0.15) is 0 Å². The van der Waals surface area contributed by atoms with Gasteiger partial charge < -0.3 is 15.5 Å². The zero-order valence-corrected chi connectivity index (χ0v) is 17.3. The summed E-state index contributed by atoms with van der Waals surface area (Å²) in [5, 5.41) is 8.34. The monoisotopic (exact) mass is 427 g/mol. The molecule has 31 heavy (non-hydrogen) atoms. The van der Waals surface area contributed by atoms with E-state index in [2.05, 4.69) is 16.0 Å². The van der Waals surface area contributed by atoms with Crippen LogP contribution in [-0.2, 0) is 9.59 Å². The number of nitrogens with one attached hydrogen (secondary N) is 3. The number of piperidine rings is 2. The van der Waals surface area contributed by atoms with Crippen molar-refractivity contribution in [1.29, 1.82) is 0 Å². The van der Waals surface area contributed by atoms with Crippen LogP contribution in [0.3, 0.4) is 0 Å². The van der Waals surface area contributed by atoms with Crippen LogP contribution in [0.1, 0.15) is 53.3 Å². The molecular formula is C21H25N5O5. The van der Waals surface area contributed by atoms with Crippen molar-refractivity contribution in [1.82, 2.24) is 20.4 Å². The van der Waals surface area contributed by atoms with Crippen LogP contribution in [0.2, 0.25) is 0 Å². The van der Waals surface area contributed by atoms with Gasteiger partial charge in [-0.05, 0) is 38.3 Å². The molecule has 3 N–H and O–H groups in total. The van der Waals surface area contributed by atoms with Gasteiger partial charge in [-0.15, -0.1) is 0 Å². The topological polar surface area (TPSA) is 128 Å². The van der Waals surface area contributed by atoms with Gasteiger partial charge >= 0.3 is 6.03 Å². The van der Waals surface area contributed by atoms with E-state index in [1.807, 2.05) is 6.92 Å². The Labute approximate surface area is 179 Å². The predicted octanol–water partition coefficient (Wildman–Crippen LogP) is 0.694. The Morgan fingerprint density at radius 3 is 2.52 bits per heavy atom. The molecule has 1 aromatic carbocycles. The van der Waals surface area contributed by atoms with Crippen molar-refractivity contribution in [2.24, 2.45) is 0 Å². The standard InChI is InChI=1S/C21H25N5O5/c1-2-22-21(31)25-10-8-12(9-11-25)23-14-5-3-4-13-17(14)20(30)26(19(13)29)15-6-7-16(27)24-18(15)28/h3-5,12,15,23H,2,6-11H2,1H3,(H,22,31)(H,24,27,28). The van der Waals surface area contributed by atoms with Crippen LogP contribution in [0.15, 0.2) is 18.2 Å². The third-order valence-electron chi connectivity index (χ3n) is 5.94. The fourth-order valence-corrected chi connectivity index (χ4v) is 4.35. The van der Waals surface area contributed by atoms with Crippen molar-refractivity contribution < 1.29 is 24.0 Å². The quantitative estimate of drug-likeness (QED) is 0.607. The van der Waals surface area contributed by atoms with Crippen LogP contribution in [0.4, 0.5) is 10.5 Å². The van der Waals surface area contributed by atoms with Gasteiger partial charge in [0.1, 0.15) is 6.04 Å². The minimum Gasteiger partial charge on any atom is -0.382 e. The lowest BCUT2D eigenvalue weighted by molar-refractivity contribution is -0.136. The lowest BCUT2D eigenvalue weighted by atomic mass is 10.0. The number of benzene rings is 1. The average Bonchev–Trinajstić information content (AvgIpc) is 3.00. The molecule has 6 amide bonds. The first-order valence-electron chi connectivity index (χ1n) is 10.5. The lowest BCUT2D eigenvalue weighted by Gasteiger charge is -2.33. The molecule has 0 aromatic heterocycles. The highest BCUT2D eigenvalue weighted by Crippen LogP contribution is 2.33. The number of nitrogens with zero attached hydrogens (tertiary/aromatic N) is 2. The number of fused-ring (bicyclic) bond motifs is 1. The van der Waals surface area contributed by atoms with E-state index in [1.165, 1.54) is 0 Å². The second kappa shape index (κ2) is 8.37. The van der Waals surface area contributed by atoms with E-state index in [0.717, 1.165) is 4.90 Å². The lowest BCUT2D eigenvalue weighted by Crippen LogP contribution is -2.54. The molecule has 0 spiro atoms. The Bertz CT molecular complexity index is 953. The molecular weight excluding hydrogens is 402 g/mol. The molecule has 1 unspecified atom stereocenters. The second-order valence-corrected chi connectivity index (χ2v) is 7.92. The molecule has 10 nitrogen and oxygen atoms in total. The number of imide groups is 2. The number of urea groups is 1. The Hall–Kier alpha value is -3.43. The molecule has 164 valence electrons. The maximum Gasteiger partial charge on any atom is 0.317 e. The number of carbonyl (C=O) groups excluding carboxylic acids is 5. The van der Waals surface area contributed by atoms with Crippen molar-refractivity contribution >= 4 is 35.3 Å². The van der Waals surface area contributed by atoms with E-state index < -0.39 is 29.7 Å². The smallest absolute Gasteiger partial charge is 0.317 e. The largest absolute Gasteiger partial charge is 0.382 e. The zero-order valence-electron chi connectivity index (χ0n) is 17.3. The van der Waals surface area contributed by atoms with E-state index in [1.54, 1.807) is 23.1 Å². The molecule has 10 heteroatoms. The average molecular weight is 427 g/mol. The van der Waals surface area contributed by atoms with Gasteiger partial charge in [0.25, 0.3) is 11.8 Å². The summed E-state index contributed by atoms with van der Waals surface area (Å²) in [6.07, 6.45) is 1.62. The summed E-state index contributed by atoms with van der Waals surface area (Å²) in [6.45, 7) is 3.63. The highest BCUT2D eigenvalue weighted by atomic mass is 16.2. The summed E-state index contributed by atoms with van der Waals surface area (Å²) in [5.41, 5.74) is 1.05. The number of rotatable bonds is 4. The Morgan fingerprint density at radius 1 is 1.10 bits per heavy atom. The molecule has 0 aliphatic carbocycles. The van der Waals surface area contributed by atoms with Gasteiger partial charge in [-0.1, -0.05) is 6.07 Å². The SMILES string of the molecule is CCNC(=O)N1CCC(Nc2cccc3c2C(=O)N(C2CCC(=O)NC2=O)C3=O)CC1. The number of amides is 6. The van der Waals surface area contributed by atoms with Crippen LogP contribution in [0, 0.1) is 0 Å². The minimum atomic E-state index is -0.988. The first-order valence-corrected chi connectivity index (χ1v) is 10.5. The van der Waals surface area contributed by atoms with Gasteiger partial charge in [-0.3, -0.25) is 29.4 Å². The first kappa shape index (κ1) is 20.8. The van der Waals surface area contributed by atoms with E-state index in [0.29, 0.717) is 38.2 Å². The summed E-state index contributed by atoms with van der Waals surface area (Å²) in [4.78, 5) is 64.4. The van der Waals surface area contributed by atoms with Crippen LogP contribution >= 0.6 is 0 Å². The maximum absolute atomic E-state index is 13.1.